The molecular weight excluding hydrogens is 447 g/mol. The van der Waals surface area contributed by atoms with Gasteiger partial charge in [-0.2, -0.15) is 13.2 Å². The van der Waals surface area contributed by atoms with Crippen molar-refractivity contribution < 1.29 is 22.7 Å². The van der Waals surface area contributed by atoms with Crippen LogP contribution in [0.4, 0.5) is 23.8 Å². The number of amides is 1. The third-order valence-corrected chi connectivity index (χ3v) is 6.75. The zero-order chi connectivity index (χ0) is 24.8. The van der Waals surface area contributed by atoms with Crippen molar-refractivity contribution in [1.29, 1.82) is 0 Å². The molecule has 10 heteroatoms. The Morgan fingerprint density at radius 2 is 1.71 bits per heavy atom. The Morgan fingerprint density at radius 3 is 2.32 bits per heavy atom. The van der Waals surface area contributed by atoms with Gasteiger partial charge in [-0.05, 0) is 47.5 Å². The smallest absolute Gasteiger partial charge is 0.418 e. The first-order valence-electron chi connectivity index (χ1n) is 12.1. The highest BCUT2D eigenvalue weighted by Crippen LogP contribution is 2.42. The Morgan fingerprint density at radius 1 is 1.03 bits per heavy atom. The molecule has 0 N–H and O–H groups in total. The van der Waals surface area contributed by atoms with E-state index in [0.29, 0.717) is 18.7 Å². The molecule has 2 aromatic heterocycles. The molecule has 2 aromatic rings. The highest BCUT2D eigenvalue weighted by molar-refractivity contribution is 5.92. The summed E-state index contributed by atoms with van der Waals surface area (Å²) in [5.74, 6) is 0.273. The lowest BCUT2D eigenvalue weighted by atomic mass is 9.95. The van der Waals surface area contributed by atoms with E-state index in [4.69, 9.17) is 4.74 Å². The van der Waals surface area contributed by atoms with Crippen LogP contribution in [0.2, 0.25) is 0 Å². The minimum absolute atomic E-state index is 0.00969. The van der Waals surface area contributed by atoms with E-state index in [9.17, 15) is 18.0 Å². The average molecular weight is 482 g/mol. The quantitative estimate of drug-likeness (QED) is 0.543. The van der Waals surface area contributed by atoms with Gasteiger partial charge < -0.3 is 19.1 Å². The van der Waals surface area contributed by atoms with E-state index in [0.717, 1.165) is 32.1 Å². The molecule has 0 radical (unpaired) electrons. The van der Waals surface area contributed by atoms with Gasteiger partial charge in [-0.3, -0.25) is 0 Å². The van der Waals surface area contributed by atoms with E-state index in [1.54, 1.807) is 9.47 Å². The molecule has 0 aromatic carbocycles. The maximum Gasteiger partial charge on any atom is 0.418 e. The predicted octanol–water partition coefficient (Wildman–Crippen LogP) is 5.79. The molecule has 1 aliphatic heterocycles. The summed E-state index contributed by atoms with van der Waals surface area (Å²) >= 11 is 0. The number of nitrogens with zero attached hydrogens (tertiary/aromatic N) is 5. The molecule has 2 fully saturated rings. The summed E-state index contributed by atoms with van der Waals surface area (Å²) in [7, 11) is 0. The first-order chi connectivity index (χ1) is 15.9. The van der Waals surface area contributed by atoms with Gasteiger partial charge in [-0.1, -0.05) is 19.3 Å². The van der Waals surface area contributed by atoms with Crippen LogP contribution in [0.5, 0.6) is 0 Å². The molecule has 2 aliphatic rings. The number of halogens is 3. The summed E-state index contributed by atoms with van der Waals surface area (Å²) in [4.78, 5) is 24.9. The highest BCUT2D eigenvalue weighted by Gasteiger charge is 2.41. The van der Waals surface area contributed by atoms with Gasteiger partial charge in [0, 0.05) is 37.4 Å². The van der Waals surface area contributed by atoms with Crippen LogP contribution in [-0.4, -0.2) is 56.3 Å². The molecule has 1 amide bonds. The maximum atomic E-state index is 14.2. The Kier molecular flexibility index (Phi) is 6.46. The van der Waals surface area contributed by atoms with Gasteiger partial charge in [-0.25, -0.2) is 14.8 Å². The van der Waals surface area contributed by atoms with Crippen molar-refractivity contribution in [2.45, 2.75) is 96.6 Å². The molecular formula is C24H34F3N5O2. The Bertz CT molecular complexity index is 1040. The zero-order valence-electron chi connectivity index (χ0n) is 20.5. The number of hydrogen-bond acceptors (Lipinski definition) is 5. The van der Waals surface area contributed by atoms with Gasteiger partial charge in [-0.15, -0.1) is 0 Å². The Labute approximate surface area is 198 Å². The van der Waals surface area contributed by atoms with Crippen LogP contribution in [0.15, 0.2) is 12.5 Å². The summed E-state index contributed by atoms with van der Waals surface area (Å²) in [6, 6.07) is -0.498. The zero-order valence-corrected chi connectivity index (χ0v) is 20.5. The van der Waals surface area contributed by atoms with E-state index >= 15 is 0 Å². The van der Waals surface area contributed by atoms with Gasteiger partial charge in [0.1, 0.15) is 23.4 Å². The van der Waals surface area contributed by atoms with Crippen molar-refractivity contribution >= 4 is 22.9 Å². The second-order valence-corrected chi connectivity index (χ2v) is 10.6. The number of rotatable bonds is 2. The van der Waals surface area contributed by atoms with Crippen LogP contribution in [0.3, 0.4) is 0 Å². The molecule has 1 saturated carbocycles. The van der Waals surface area contributed by atoms with Crippen LogP contribution in [0.25, 0.3) is 11.0 Å². The SMILES string of the molecule is C[C@@H]1CN(c2ncnc3c2c(C(F)(F)F)cn3C2CCCCC2)[C@@H](C)CN1C(=O)OC(C)(C)C. The number of hydrogen-bond donors (Lipinski definition) is 0. The minimum atomic E-state index is -4.52. The van der Waals surface area contributed by atoms with E-state index in [1.807, 2.05) is 39.5 Å². The second-order valence-electron chi connectivity index (χ2n) is 10.6. The molecule has 3 heterocycles. The number of piperazine rings is 1. The van der Waals surface area contributed by atoms with E-state index in [1.165, 1.54) is 12.5 Å². The van der Waals surface area contributed by atoms with Crippen molar-refractivity contribution in [3.8, 4) is 0 Å². The lowest BCUT2D eigenvalue weighted by Gasteiger charge is -2.44. The Hall–Kier alpha value is -2.52. The summed E-state index contributed by atoms with van der Waals surface area (Å²) in [6.07, 6.45) is 2.46. The normalized spacial score (nSPS) is 22.9. The van der Waals surface area contributed by atoms with E-state index in [-0.39, 0.29) is 29.3 Å². The molecule has 1 aliphatic carbocycles. The summed E-state index contributed by atoms with van der Waals surface area (Å²) in [5, 5.41) is 0.0466. The number of ether oxygens (including phenoxy) is 1. The largest absolute Gasteiger partial charge is 0.444 e. The molecule has 4 rings (SSSR count). The van der Waals surface area contributed by atoms with E-state index < -0.39 is 23.4 Å². The highest BCUT2D eigenvalue weighted by atomic mass is 19.4. The van der Waals surface area contributed by atoms with Crippen molar-refractivity contribution in [2.24, 2.45) is 0 Å². The van der Waals surface area contributed by atoms with Crippen LogP contribution >= 0.6 is 0 Å². The lowest BCUT2D eigenvalue weighted by Crippen LogP contribution is -2.59. The van der Waals surface area contributed by atoms with Crippen LogP contribution in [0.1, 0.15) is 78.3 Å². The van der Waals surface area contributed by atoms with Crippen LogP contribution < -0.4 is 4.90 Å². The minimum Gasteiger partial charge on any atom is -0.444 e. The number of carbonyl (C=O) groups excluding carboxylic acids is 1. The maximum absolute atomic E-state index is 14.2. The molecule has 7 nitrogen and oxygen atoms in total. The fourth-order valence-corrected chi connectivity index (χ4v) is 5.14. The second kappa shape index (κ2) is 8.92. The number of alkyl halides is 3. The molecule has 2 atom stereocenters. The summed E-state index contributed by atoms with van der Waals surface area (Å²) < 4.78 is 49.8. The molecule has 1 saturated heterocycles. The monoisotopic (exact) mass is 481 g/mol. The van der Waals surface area contributed by atoms with E-state index in [2.05, 4.69) is 9.97 Å². The fourth-order valence-electron chi connectivity index (χ4n) is 5.14. The van der Waals surface area contributed by atoms with Crippen LogP contribution in [0, 0.1) is 0 Å². The first kappa shape index (κ1) is 24.6. The molecule has 34 heavy (non-hydrogen) atoms. The van der Waals surface area contributed by atoms with Gasteiger partial charge in [0.15, 0.2) is 0 Å². The fraction of sp³-hybridized carbons (Fsp3) is 0.708. The lowest BCUT2D eigenvalue weighted by molar-refractivity contribution is -0.136. The van der Waals surface area contributed by atoms with Crippen molar-refractivity contribution in [2.75, 3.05) is 18.0 Å². The van der Waals surface area contributed by atoms with Crippen molar-refractivity contribution in [3.05, 3.63) is 18.1 Å². The summed E-state index contributed by atoms with van der Waals surface area (Å²) in [6.45, 7) is 9.86. The number of aromatic nitrogens is 3. The van der Waals surface area contributed by atoms with Gasteiger partial charge in [0.2, 0.25) is 0 Å². The van der Waals surface area contributed by atoms with Crippen molar-refractivity contribution in [1.82, 2.24) is 19.4 Å². The molecule has 0 unspecified atom stereocenters. The topological polar surface area (TPSA) is 63.5 Å². The van der Waals surface area contributed by atoms with Crippen molar-refractivity contribution in [3.63, 3.8) is 0 Å². The van der Waals surface area contributed by atoms with Gasteiger partial charge >= 0.3 is 12.3 Å². The third kappa shape index (κ3) is 4.81. The number of carbonyl (C=O) groups is 1. The van der Waals surface area contributed by atoms with Crippen LogP contribution in [-0.2, 0) is 10.9 Å². The molecule has 0 bridgehead atoms. The standard InChI is InChI=1S/C24H34F3N5O2/c1-15-12-31(22(33)34-23(3,4)5)16(2)11-30(15)20-19-18(24(25,26)27)13-32(21(19)29-14-28-20)17-9-7-6-8-10-17/h13-17H,6-12H2,1-5H3/t15-,16+/m0/s1. The predicted molar refractivity (Wildman–Crippen MR) is 124 cm³/mol. The summed E-state index contributed by atoms with van der Waals surface area (Å²) in [5.41, 5.74) is -0.989. The number of anilines is 1. The number of fused-ring (bicyclic) bond motifs is 1. The first-order valence-corrected chi connectivity index (χ1v) is 12.1. The average Bonchev–Trinajstić information content (AvgIpc) is 3.15. The van der Waals surface area contributed by atoms with Gasteiger partial charge in [0.05, 0.1) is 10.9 Å². The van der Waals surface area contributed by atoms with Gasteiger partial charge in [0.25, 0.3) is 0 Å². The molecule has 188 valence electrons. The Balaban J connectivity index is 1.72. The molecule has 0 spiro atoms. The third-order valence-electron chi connectivity index (χ3n) is 6.75.